The number of anilines is 1. The summed E-state index contributed by atoms with van der Waals surface area (Å²) in [5.41, 5.74) is 4.27. The Hall–Kier alpha value is -2.10. The number of amides is 1. The summed E-state index contributed by atoms with van der Waals surface area (Å²) >= 11 is 0. The van der Waals surface area contributed by atoms with Crippen LogP contribution in [-0.2, 0) is 17.8 Å². The zero-order valence-corrected chi connectivity index (χ0v) is 14.4. The molecule has 1 heterocycles. The smallest absolute Gasteiger partial charge is 0.226 e. The second-order valence-electron chi connectivity index (χ2n) is 6.10. The summed E-state index contributed by atoms with van der Waals surface area (Å²) in [7, 11) is 0. The van der Waals surface area contributed by atoms with Crippen molar-refractivity contribution in [3.8, 4) is 0 Å². The molecule has 124 valence electrons. The fourth-order valence-electron chi connectivity index (χ4n) is 2.67. The number of unbranched alkanes of at least 4 members (excludes halogenated alkanes) is 2. The molecule has 0 aliphatic heterocycles. The molecule has 0 spiro atoms. The first-order valence-electron chi connectivity index (χ1n) is 8.48. The van der Waals surface area contributed by atoms with Gasteiger partial charge >= 0.3 is 0 Å². The Balaban J connectivity index is 1.79. The van der Waals surface area contributed by atoms with E-state index >= 15 is 0 Å². The SMILES string of the molecule is CCCCCc1ccc(NC(=O)CCn2nc(C)cc2C)cc1. The van der Waals surface area contributed by atoms with E-state index in [0.717, 1.165) is 23.5 Å². The molecule has 0 aliphatic carbocycles. The van der Waals surface area contributed by atoms with Crippen molar-refractivity contribution in [3.63, 3.8) is 0 Å². The Morgan fingerprint density at radius 1 is 1.17 bits per heavy atom. The van der Waals surface area contributed by atoms with Crippen molar-refractivity contribution in [3.05, 3.63) is 47.3 Å². The summed E-state index contributed by atoms with van der Waals surface area (Å²) < 4.78 is 1.88. The number of benzene rings is 1. The van der Waals surface area contributed by atoms with Crippen molar-refractivity contribution in [2.24, 2.45) is 0 Å². The van der Waals surface area contributed by atoms with Crippen LogP contribution in [0.2, 0.25) is 0 Å². The van der Waals surface area contributed by atoms with Crippen LogP contribution in [0.5, 0.6) is 0 Å². The summed E-state index contributed by atoms with van der Waals surface area (Å²) in [5.74, 6) is 0.0243. The van der Waals surface area contributed by atoms with Gasteiger partial charge in [-0.25, -0.2) is 0 Å². The molecule has 0 aliphatic rings. The Labute approximate surface area is 138 Å². The standard InChI is InChI=1S/C19H27N3O/c1-4-5-6-7-17-8-10-18(11-9-17)20-19(23)12-13-22-16(3)14-15(2)21-22/h8-11,14H,4-7,12-13H2,1-3H3,(H,20,23). The number of carbonyl (C=O) groups is 1. The number of aromatic nitrogens is 2. The molecule has 1 amide bonds. The van der Waals surface area contributed by atoms with Gasteiger partial charge in [0.15, 0.2) is 0 Å². The van der Waals surface area contributed by atoms with Crippen molar-refractivity contribution in [2.75, 3.05) is 5.32 Å². The van der Waals surface area contributed by atoms with E-state index in [2.05, 4.69) is 29.5 Å². The van der Waals surface area contributed by atoms with Gasteiger partial charge in [-0.15, -0.1) is 0 Å². The number of aryl methyl sites for hydroxylation is 4. The minimum absolute atomic E-state index is 0.0243. The maximum absolute atomic E-state index is 12.0. The molecule has 1 aromatic carbocycles. The lowest BCUT2D eigenvalue weighted by molar-refractivity contribution is -0.116. The lowest BCUT2D eigenvalue weighted by Crippen LogP contribution is -2.15. The second-order valence-corrected chi connectivity index (χ2v) is 6.10. The lowest BCUT2D eigenvalue weighted by Gasteiger charge is -2.08. The largest absolute Gasteiger partial charge is 0.326 e. The van der Waals surface area contributed by atoms with Gasteiger partial charge in [0.05, 0.1) is 5.69 Å². The molecular weight excluding hydrogens is 286 g/mol. The molecule has 1 aromatic heterocycles. The fourth-order valence-corrected chi connectivity index (χ4v) is 2.67. The monoisotopic (exact) mass is 313 g/mol. The van der Waals surface area contributed by atoms with Crippen molar-refractivity contribution in [1.29, 1.82) is 0 Å². The minimum atomic E-state index is 0.0243. The summed E-state index contributed by atoms with van der Waals surface area (Å²) in [6.45, 7) is 6.80. The van der Waals surface area contributed by atoms with E-state index in [1.807, 2.05) is 36.7 Å². The second kappa shape index (κ2) is 8.51. The van der Waals surface area contributed by atoms with E-state index in [-0.39, 0.29) is 5.91 Å². The zero-order valence-electron chi connectivity index (χ0n) is 14.4. The summed E-state index contributed by atoms with van der Waals surface area (Å²) in [4.78, 5) is 12.0. The quantitative estimate of drug-likeness (QED) is 0.740. The fraction of sp³-hybridized carbons (Fsp3) is 0.474. The van der Waals surface area contributed by atoms with Crippen LogP contribution in [0, 0.1) is 13.8 Å². The minimum Gasteiger partial charge on any atom is -0.326 e. The van der Waals surface area contributed by atoms with Crippen LogP contribution in [0.25, 0.3) is 0 Å². The van der Waals surface area contributed by atoms with E-state index in [1.54, 1.807) is 0 Å². The van der Waals surface area contributed by atoms with Crippen LogP contribution in [-0.4, -0.2) is 15.7 Å². The maximum Gasteiger partial charge on any atom is 0.226 e. The van der Waals surface area contributed by atoms with Crippen LogP contribution in [0.4, 0.5) is 5.69 Å². The van der Waals surface area contributed by atoms with E-state index in [0.29, 0.717) is 13.0 Å². The van der Waals surface area contributed by atoms with E-state index in [9.17, 15) is 4.79 Å². The summed E-state index contributed by atoms with van der Waals surface area (Å²) in [5, 5.41) is 7.33. The van der Waals surface area contributed by atoms with Gasteiger partial charge in [0.1, 0.15) is 0 Å². The van der Waals surface area contributed by atoms with Crippen LogP contribution < -0.4 is 5.32 Å². The third-order valence-electron chi connectivity index (χ3n) is 3.96. The molecule has 0 unspecified atom stereocenters. The van der Waals surface area contributed by atoms with Crippen molar-refractivity contribution >= 4 is 11.6 Å². The van der Waals surface area contributed by atoms with Gasteiger partial charge in [0.25, 0.3) is 0 Å². The Bertz CT molecular complexity index is 629. The number of nitrogens with zero attached hydrogens (tertiary/aromatic N) is 2. The molecule has 4 nitrogen and oxygen atoms in total. The molecule has 0 bridgehead atoms. The van der Waals surface area contributed by atoms with E-state index in [4.69, 9.17) is 0 Å². The van der Waals surface area contributed by atoms with Crippen molar-refractivity contribution in [2.45, 2.75) is 59.4 Å². The van der Waals surface area contributed by atoms with Gasteiger partial charge in [-0.3, -0.25) is 9.48 Å². The van der Waals surface area contributed by atoms with Crippen molar-refractivity contribution < 1.29 is 4.79 Å². The topological polar surface area (TPSA) is 46.9 Å². The zero-order chi connectivity index (χ0) is 16.7. The highest BCUT2D eigenvalue weighted by atomic mass is 16.1. The molecule has 0 fully saturated rings. The van der Waals surface area contributed by atoms with Crippen LogP contribution in [0.15, 0.2) is 30.3 Å². The van der Waals surface area contributed by atoms with E-state index < -0.39 is 0 Å². The number of hydrogen-bond acceptors (Lipinski definition) is 2. The number of carbonyl (C=O) groups excluding carboxylic acids is 1. The molecule has 2 aromatic rings. The molecule has 0 saturated carbocycles. The Morgan fingerprint density at radius 2 is 1.91 bits per heavy atom. The van der Waals surface area contributed by atoms with E-state index in [1.165, 1.54) is 24.8 Å². The van der Waals surface area contributed by atoms with Crippen molar-refractivity contribution in [1.82, 2.24) is 9.78 Å². The maximum atomic E-state index is 12.0. The molecule has 0 saturated heterocycles. The average Bonchev–Trinajstić information content (AvgIpc) is 2.85. The normalized spacial score (nSPS) is 10.7. The molecule has 0 atom stereocenters. The van der Waals surface area contributed by atoms with Gasteiger partial charge < -0.3 is 5.32 Å². The van der Waals surface area contributed by atoms with Gasteiger partial charge in [-0.05, 0) is 50.5 Å². The van der Waals surface area contributed by atoms with Crippen LogP contribution >= 0.6 is 0 Å². The Morgan fingerprint density at radius 3 is 2.52 bits per heavy atom. The summed E-state index contributed by atoms with van der Waals surface area (Å²) in [6, 6.07) is 10.2. The summed E-state index contributed by atoms with van der Waals surface area (Å²) in [6.07, 6.45) is 5.28. The molecule has 2 rings (SSSR count). The third kappa shape index (κ3) is 5.55. The predicted molar refractivity (Wildman–Crippen MR) is 94.6 cm³/mol. The molecule has 1 N–H and O–H groups in total. The number of hydrogen-bond donors (Lipinski definition) is 1. The first-order valence-corrected chi connectivity index (χ1v) is 8.48. The van der Waals surface area contributed by atoms with Gasteiger partial charge in [0.2, 0.25) is 5.91 Å². The average molecular weight is 313 g/mol. The van der Waals surface area contributed by atoms with Crippen LogP contribution in [0.3, 0.4) is 0 Å². The first-order chi connectivity index (χ1) is 11.1. The molecule has 0 radical (unpaired) electrons. The Kier molecular flexibility index (Phi) is 6.39. The van der Waals surface area contributed by atoms with Gasteiger partial charge in [0, 0.05) is 24.3 Å². The lowest BCUT2D eigenvalue weighted by atomic mass is 10.1. The number of nitrogens with one attached hydrogen (secondary N) is 1. The predicted octanol–water partition coefficient (Wildman–Crippen LogP) is 4.26. The van der Waals surface area contributed by atoms with Crippen LogP contribution in [0.1, 0.15) is 49.6 Å². The van der Waals surface area contributed by atoms with Gasteiger partial charge in [-0.1, -0.05) is 31.9 Å². The molecular formula is C19H27N3O. The highest BCUT2D eigenvalue weighted by Gasteiger charge is 2.06. The highest BCUT2D eigenvalue weighted by molar-refractivity contribution is 5.90. The molecule has 4 heteroatoms. The highest BCUT2D eigenvalue weighted by Crippen LogP contribution is 2.13. The number of rotatable bonds is 8. The molecule has 23 heavy (non-hydrogen) atoms. The first kappa shape index (κ1) is 17.3. The third-order valence-corrected chi connectivity index (χ3v) is 3.96. The van der Waals surface area contributed by atoms with Gasteiger partial charge in [-0.2, -0.15) is 5.10 Å².